The van der Waals surface area contributed by atoms with Crippen LogP contribution < -0.4 is 11.1 Å². The van der Waals surface area contributed by atoms with Crippen LogP contribution in [0.3, 0.4) is 0 Å². The van der Waals surface area contributed by atoms with Gasteiger partial charge in [-0.15, -0.1) is 0 Å². The third kappa shape index (κ3) is 3.93. The largest absolute Gasteiger partial charge is 0.351 e. The Hall–Kier alpha value is -2.14. The number of aromatic nitrogens is 2. The molecule has 0 saturated carbocycles. The summed E-state index contributed by atoms with van der Waals surface area (Å²) in [6, 6.07) is 9.50. The summed E-state index contributed by atoms with van der Waals surface area (Å²) in [6.07, 6.45) is 3.69. The highest BCUT2D eigenvalue weighted by Gasteiger charge is 2.06. The maximum atomic E-state index is 11.3. The van der Waals surface area contributed by atoms with Crippen LogP contribution in [-0.4, -0.2) is 21.7 Å². The zero-order valence-electron chi connectivity index (χ0n) is 10.9. The van der Waals surface area contributed by atoms with Crippen molar-refractivity contribution in [2.75, 3.05) is 0 Å². The Morgan fingerprint density at radius 1 is 1.37 bits per heavy atom. The summed E-state index contributed by atoms with van der Waals surface area (Å²) in [5, 5.41) is 6.94. The van der Waals surface area contributed by atoms with E-state index in [1.165, 1.54) is 5.56 Å². The Balaban J connectivity index is 1.89. The fourth-order valence-corrected chi connectivity index (χ4v) is 1.69. The van der Waals surface area contributed by atoms with Gasteiger partial charge >= 0.3 is 0 Å². The van der Waals surface area contributed by atoms with Crippen LogP contribution in [0.2, 0.25) is 0 Å². The maximum absolute atomic E-state index is 11.3. The molecular formula is C14H18N4O. The highest BCUT2D eigenvalue weighted by molar-refractivity contribution is 5.80. The number of hydrogen-bond acceptors (Lipinski definition) is 3. The molecule has 3 N–H and O–H groups in total. The molecule has 1 atom stereocenters. The highest BCUT2D eigenvalue weighted by Crippen LogP contribution is 2.06. The molecule has 100 valence electrons. The molecule has 1 amide bonds. The first-order chi connectivity index (χ1) is 9.15. The Morgan fingerprint density at radius 3 is 2.63 bits per heavy atom. The quantitative estimate of drug-likeness (QED) is 0.836. The van der Waals surface area contributed by atoms with Gasteiger partial charge in [-0.05, 0) is 24.1 Å². The van der Waals surface area contributed by atoms with Gasteiger partial charge in [0.05, 0.1) is 12.6 Å². The summed E-state index contributed by atoms with van der Waals surface area (Å²) in [5.74, 6) is -0.138. The van der Waals surface area contributed by atoms with Crippen molar-refractivity contribution in [3.05, 3.63) is 53.9 Å². The third-order valence-electron chi connectivity index (χ3n) is 2.81. The van der Waals surface area contributed by atoms with Gasteiger partial charge in [-0.2, -0.15) is 5.10 Å². The number of hydrogen-bond donors (Lipinski definition) is 2. The van der Waals surface area contributed by atoms with Crippen molar-refractivity contribution in [2.45, 2.75) is 26.1 Å². The molecule has 1 unspecified atom stereocenters. The minimum absolute atomic E-state index is 0.138. The Bertz CT molecular complexity index is 517. The van der Waals surface area contributed by atoms with E-state index in [1.54, 1.807) is 13.1 Å². The van der Waals surface area contributed by atoms with Crippen molar-refractivity contribution in [2.24, 2.45) is 5.73 Å². The number of rotatable bonds is 5. The Labute approximate surface area is 112 Å². The van der Waals surface area contributed by atoms with Gasteiger partial charge in [-0.3, -0.25) is 9.48 Å². The summed E-state index contributed by atoms with van der Waals surface area (Å²) in [6.45, 7) is 2.92. The fourth-order valence-electron chi connectivity index (χ4n) is 1.69. The molecule has 0 aliphatic heterocycles. The summed E-state index contributed by atoms with van der Waals surface area (Å²) in [4.78, 5) is 11.3. The Morgan fingerprint density at radius 2 is 2.05 bits per heavy atom. The second-order valence-corrected chi connectivity index (χ2v) is 4.53. The minimum atomic E-state index is -0.473. The predicted molar refractivity (Wildman–Crippen MR) is 73.3 cm³/mol. The predicted octanol–water partition coefficient (Wildman–Crippen LogP) is 0.895. The smallest absolute Gasteiger partial charge is 0.236 e. The summed E-state index contributed by atoms with van der Waals surface area (Å²) >= 11 is 0. The van der Waals surface area contributed by atoms with Crippen LogP contribution in [0.5, 0.6) is 0 Å². The molecule has 2 aromatic rings. The van der Waals surface area contributed by atoms with Crippen LogP contribution in [0.1, 0.15) is 18.1 Å². The number of benzene rings is 1. The van der Waals surface area contributed by atoms with Crippen LogP contribution in [0, 0.1) is 0 Å². The van der Waals surface area contributed by atoms with Crippen LogP contribution in [-0.2, 0) is 17.9 Å². The molecule has 0 spiro atoms. The number of nitrogens with zero attached hydrogens (tertiary/aromatic N) is 2. The molecule has 5 heteroatoms. The first kappa shape index (κ1) is 13.3. The van der Waals surface area contributed by atoms with Gasteiger partial charge in [-0.25, -0.2) is 0 Å². The first-order valence-corrected chi connectivity index (χ1v) is 6.23. The van der Waals surface area contributed by atoms with Gasteiger partial charge in [0.1, 0.15) is 0 Å². The topological polar surface area (TPSA) is 72.9 Å². The second kappa shape index (κ2) is 6.15. The van der Waals surface area contributed by atoms with Crippen molar-refractivity contribution in [1.29, 1.82) is 0 Å². The molecule has 1 aromatic carbocycles. The molecule has 0 aliphatic carbocycles. The molecule has 5 nitrogen and oxygen atoms in total. The molecular weight excluding hydrogens is 240 g/mol. The highest BCUT2D eigenvalue weighted by atomic mass is 16.2. The lowest BCUT2D eigenvalue weighted by atomic mass is 10.1. The summed E-state index contributed by atoms with van der Waals surface area (Å²) in [5.41, 5.74) is 7.70. The number of carbonyl (C=O) groups is 1. The fraction of sp³-hybridized carbons (Fsp3) is 0.286. The molecule has 0 aliphatic rings. The van der Waals surface area contributed by atoms with Crippen LogP contribution >= 0.6 is 0 Å². The summed E-state index contributed by atoms with van der Waals surface area (Å²) < 4.78 is 1.87. The molecule has 1 heterocycles. The van der Waals surface area contributed by atoms with Gasteiger partial charge in [-0.1, -0.05) is 24.3 Å². The lowest BCUT2D eigenvalue weighted by molar-refractivity contribution is -0.122. The van der Waals surface area contributed by atoms with E-state index >= 15 is 0 Å². The number of nitrogens with two attached hydrogens (primary N) is 1. The molecule has 0 bridgehead atoms. The van der Waals surface area contributed by atoms with Crippen molar-refractivity contribution in [3.8, 4) is 0 Å². The second-order valence-electron chi connectivity index (χ2n) is 4.53. The van der Waals surface area contributed by atoms with Gasteiger partial charge in [0.2, 0.25) is 5.91 Å². The van der Waals surface area contributed by atoms with E-state index in [9.17, 15) is 4.79 Å². The third-order valence-corrected chi connectivity index (χ3v) is 2.81. The first-order valence-electron chi connectivity index (χ1n) is 6.23. The Kier molecular flexibility index (Phi) is 4.30. The van der Waals surface area contributed by atoms with E-state index in [-0.39, 0.29) is 5.91 Å². The van der Waals surface area contributed by atoms with Crippen molar-refractivity contribution in [1.82, 2.24) is 15.1 Å². The SMILES string of the molecule is CC(N)C(=O)NCc1ccc(Cn2cccn2)cc1. The molecule has 2 rings (SSSR count). The van der Waals surface area contributed by atoms with Crippen LogP contribution in [0.15, 0.2) is 42.7 Å². The van der Waals surface area contributed by atoms with Crippen molar-refractivity contribution >= 4 is 5.91 Å². The molecule has 19 heavy (non-hydrogen) atoms. The maximum Gasteiger partial charge on any atom is 0.236 e. The zero-order chi connectivity index (χ0) is 13.7. The van der Waals surface area contributed by atoms with E-state index in [4.69, 9.17) is 5.73 Å². The number of nitrogens with one attached hydrogen (secondary N) is 1. The van der Waals surface area contributed by atoms with Crippen molar-refractivity contribution in [3.63, 3.8) is 0 Å². The number of amides is 1. The van der Waals surface area contributed by atoms with Gasteiger partial charge in [0, 0.05) is 18.9 Å². The minimum Gasteiger partial charge on any atom is -0.351 e. The molecule has 0 radical (unpaired) electrons. The number of carbonyl (C=O) groups excluding carboxylic acids is 1. The standard InChI is InChI=1S/C14H18N4O/c1-11(15)14(19)16-9-12-3-5-13(6-4-12)10-18-8-2-7-17-18/h2-8,11H,9-10,15H2,1H3,(H,16,19). The van der Waals surface area contributed by atoms with Crippen molar-refractivity contribution < 1.29 is 4.79 Å². The van der Waals surface area contributed by atoms with E-state index in [0.717, 1.165) is 12.1 Å². The van der Waals surface area contributed by atoms with Gasteiger partial charge < -0.3 is 11.1 Å². The molecule has 1 aromatic heterocycles. The normalized spacial score (nSPS) is 12.1. The monoisotopic (exact) mass is 258 g/mol. The van der Waals surface area contributed by atoms with Gasteiger partial charge in [0.25, 0.3) is 0 Å². The van der Waals surface area contributed by atoms with Gasteiger partial charge in [0.15, 0.2) is 0 Å². The average Bonchev–Trinajstić information content (AvgIpc) is 2.90. The van der Waals surface area contributed by atoms with Crippen LogP contribution in [0.4, 0.5) is 0 Å². The lowest BCUT2D eigenvalue weighted by Gasteiger charge is -2.08. The zero-order valence-corrected chi connectivity index (χ0v) is 10.9. The van der Waals surface area contributed by atoms with E-state index in [0.29, 0.717) is 6.54 Å². The van der Waals surface area contributed by atoms with Crippen LogP contribution in [0.25, 0.3) is 0 Å². The molecule has 0 saturated heterocycles. The average molecular weight is 258 g/mol. The van der Waals surface area contributed by atoms with E-state index < -0.39 is 6.04 Å². The summed E-state index contributed by atoms with van der Waals surface area (Å²) in [7, 11) is 0. The van der Waals surface area contributed by atoms with E-state index in [1.807, 2.05) is 41.2 Å². The lowest BCUT2D eigenvalue weighted by Crippen LogP contribution is -2.37. The van der Waals surface area contributed by atoms with E-state index in [2.05, 4.69) is 10.4 Å². The molecule has 0 fully saturated rings.